The fraction of sp³-hybridized carbons (Fsp3) is 0.356. The van der Waals surface area contributed by atoms with Crippen LogP contribution in [-0.4, -0.2) is 73.3 Å². The molecule has 0 saturated carbocycles. The Balaban J connectivity index is 1.26. The molecule has 12 nitrogen and oxygen atoms in total. The standard InChI is InChI=1S/C45H53N7O5S2/c46-21-7-6-13-36(41(47)53)49-44(56)38(27-34-12-8-24-58-34)51-45(57)39(28-35-26-33-11-4-5-14-40(33)59-35)52-43(55)37(50-42(54)32-19-22-48-23-20-32)25-29-15-17-31(18-16-29)30-9-2-1-3-10-30/h1-5,8-12,14-18,24,26,32,36-39,48H,6-7,13,19-23,25,27-28,46H2,(H2,47,53)(H,49,56)(H,50,54)(H,51,57)(H,52,55)/t36-,37+,38-,39+/m0/s1. The molecule has 9 N–H and O–H groups in total. The number of hydrogen-bond donors (Lipinski definition) is 7. The van der Waals surface area contributed by atoms with Crippen LogP contribution >= 0.6 is 22.7 Å². The van der Waals surface area contributed by atoms with Crippen LogP contribution in [0.25, 0.3) is 21.2 Å². The quantitative estimate of drug-likeness (QED) is 0.0570. The molecule has 4 atom stereocenters. The van der Waals surface area contributed by atoms with Crippen molar-refractivity contribution < 1.29 is 24.0 Å². The molecule has 6 rings (SSSR count). The van der Waals surface area contributed by atoms with Gasteiger partial charge >= 0.3 is 0 Å². The van der Waals surface area contributed by atoms with Crippen LogP contribution in [0, 0.1) is 5.92 Å². The van der Waals surface area contributed by atoms with Gasteiger partial charge in [0, 0.05) is 39.6 Å². The molecule has 1 aliphatic heterocycles. The molecule has 0 spiro atoms. The number of primary amides is 1. The normalized spacial score (nSPS) is 15.1. The van der Waals surface area contributed by atoms with E-state index in [-0.39, 0.29) is 31.1 Å². The third kappa shape index (κ3) is 12.5. The lowest BCUT2D eigenvalue weighted by molar-refractivity contribution is -0.135. The van der Waals surface area contributed by atoms with Crippen molar-refractivity contribution in [2.75, 3.05) is 19.6 Å². The first-order valence-corrected chi connectivity index (χ1v) is 21.9. The number of carbonyl (C=O) groups is 5. The van der Waals surface area contributed by atoms with Crippen LogP contribution in [0.5, 0.6) is 0 Å². The highest BCUT2D eigenvalue weighted by molar-refractivity contribution is 7.19. The molecule has 0 aliphatic carbocycles. The lowest BCUT2D eigenvalue weighted by Gasteiger charge is -2.28. The maximum Gasteiger partial charge on any atom is 0.243 e. The molecule has 0 bridgehead atoms. The Morgan fingerprint density at radius 1 is 0.661 bits per heavy atom. The number of hydrogen-bond acceptors (Lipinski definition) is 9. The zero-order valence-electron chi connectivity index (χ0n) is 33.0. The fourth-order valence-electron chi connectivity index (χ4n) is 7.26. The molecule has 3 aromatic carbocycles. The summed E-state index contributed by atoms with van der Waals surface area (Å²) in [5.41, 5.74) is 14.2. The lowest BCUT2D eigenvalue weighted by Crippen LogP contribution is -2.59. The average molecular weight is 836 g/mol. The van der Waals surface area contributed by atoms with Gasteiger partial charge in [-0.05, 0) is 97.4 Å². The topological polar surface area (TPSA) is 198 Å². The number of rotatable bonds is 20. The molecule has 1 aliphatic rings. The number of unbranched alkanes of at least 4 members (excludes halogenated alkanes) is 1. The van der Waals surface area contributed by atoms with Crippen LogP contribution in [0.15, 0.2) is 102 Å². The first-order chi connectivity index (χ1) is 28.7. The highest BCUT2D eigenvalue weighted by Gasteiger charge is 2.33. The van der Waals surface area contributed by atoms with Crippen LogP contribution < -0.4 is 38.1 Å². The summed E-state index contributed by atoms with van der Waals surface area (Å²) in [6, 6.07) is 27.3. The van der Waals surface area contributed by atoms with Gasteiger partial charge < -0.3 is 38.1 Å². The maximum atomic E-state index is 14.5. The van der Waals surface area contributed by atoms with Crippen LogP contribution in [-0.2, 0) is 43.2 Å². The number of thiophene rings is 2. The second kappa shape index (κ2) is 21.6. The summed E-state index contributed by atoms with van der Waals surface area (Å²) in [6.45, 7) is 1.86. The summed E-state index contributed by atoms with van der Waals surface area (Å²) in [6.07, 6.45) is 3.34. The van der Waals surface area contributed by atoms with Gasteiger partial charge in [-0.2, -0.15) is 0 Å². The largest absolute Gasteiger partial charge is 0.368 e. The Kier molecular flexibility index (Phi) is 15.8. The van der Waals surface area contributed by atoms with Crippen molar-refractivity contribution >= 4 is 62.3 Å². The zero-order valence-corrected chi connectivity index (χ0v) is 34.6. The van der Waals surface area contributed by atoms with E-state index < -0.39 is 47.8 Å². The van der Waals surface area contributed by atoms with Gasteiger partial charge in [-0.25, -0.2) is 0 Å². The fourth-order valence-corrected chi connectivity index (χ4v) is 9.13. The minimum Gasteiger partial charge on any atom is -0.368 e. The Bertz CT molecular complexity index is 2120. The van der Waals surface area contributed by atoms with Crippen molar-refractivity contribution in [3.05, 3.63) is 118 Å². The number of carbonyl (C=O) groups excluding carboxylic acids is 5. The minimum absolute atomic E-state index is 0.133. The number of nitrogens with two attached hydrogens (primary N) is 2. The molecule has 2 aromatic heterocycles. The number of fused-ring (bicyclic) bond motifs is 1. The molecule has 5 amide bonds. The molecule has 59 heavy (non-hydrogen) atoms. The van der Waals surface area contributed by atoms with E-state index in [0.29, 0.717) is 51.7 Å². The summed E-state index contributed by atoms with van der Waals surface area (Å²) in [5, 5.41) is 17.8. The highest BCUT2D eigenvalue weighted by Crippen LogP contribution is 2.27. The first-order valence-electron chi connectivity index (χ1n) is 20.2. The zero-order chi connectivity index (χ0) is 41.6. The van der Waals surface area contributed by atoms with Gasteiger partial charge in [-0.15, -0.1) is 22.7 Å². The predicted octanol–water partition coefficient (Wildman–Crippen LogP) is 4.21. The molecular weight excluding hydrogens is 783 g/mol. The number of nitrogens with one attached hydrogen (secondary N) is 5. The van der Waals surface area contributed by atoms with Gasteiger partial charge in [0.05, 0.1) is 0 Å². The van der Waals surface area contributed by atoms with Gasteiger partial charge in [0.1, 0.15) is 24.2 Å². The lowest BCUT2D eigenvalue weighted by atomic mass is 9.95. The Labute approximate surface area is 352 Å². The predicted molar refractivity (Wildman–Crippen MR) is 235 cm³/mol. The Morgan fingerprint density at radius 3 is 1.90 bits per heavy atom. The smallest absolute Gasteiger partial charge is 0.243 e. The van der Waals surface area contributed by atoms with E-state index in [0.717, 1.165) is 36.5 Å². The van der Waals surface area contributed by atoms with Crippen molar-refractivity contribution in [1.29, 1.82) is 0 Å². The minimum atomic E-state index is -1.12. The summed E-state index contributed by atoms with van der Waals surface area (Å²) in [5.74, 6) is -2.81. The number of benzene rings is 3. The van der Waals surface area contributed by atoms with Crippen molar-refractivity contribution in [2.24, 2.45) is 17.4 Å². The SMILES string of the molecule is NCCCC[C@H](NC(=O)[C@H](Cc1cccs1)NC(=O)[C@@H](Cc1cc2ccccc2s1)NC(=O)[C@@H](Cc1ccc(-c2ccccc2)cc1)NC(=O)C1CCNCC1)C(N)=O. The Hall–Kier alpha value is -5.41. The van der Waals surface area contributed by atoms with E-state index >= 15 is 0 Å². The first kappa shape index (κ1) is 43.2. The summed E-state index contributed by atoms with van der Waals surface area (Å²) in [7, 11) is 0. The maximum absolute atomic E-state index is 14.5. The van der Waals surface area contributed by atoms with E-state index in [4.69, 9.17) is 11.5 Å². The van der Waals surface area contributed by atoms with Crippen molar-refractivity contribution in [3.63, 3.8) is 0 Å². The van der Waals surface area contributed by atoms with Crippen LogP contribution in [0.1, 0.15) is 47.4 Å². The molecule has 1 fully saturated rings. The van der Waals surface area contributed by atoms with Crippen LogP contribution in [0.4, 0.5) is 0 Å². The molecular formula is C45H53N7O5S2. The summed E-state index contributed by atoms with van der Waals surface area (Å²) in [4.78, 5) is 70.6. The van der Waals surface area contributed by atoms with E-state index in [1.165, 1.54) is 22.7 Å². The van der Waals surface area contributed by atoms with Crippen molar-refractivity contribution in [2.45, 2.75) is 75.5 Å². The highest BCUT2D eigenvalue weighted by atomic mass is 32.1. The van der Waals surface area contributed by atoms with Crippen molar-refractivity contribution in [1.82, 2.24) is 26.6 Å². The van der Waals surface area contributed by atoms with Gasteiger partial charge in [0.15, 0.2) is 0 Å². The number of piperidine rings is 1. The third-order valence-corrected chi connectivity index (χ3v) is 12.6. The van der Waals surface area contributed by atoms with E-state index in [1.54, 1.807) is 0 Å². The molecule has 14 heteroatoms. The Morgan fingerprint density at radius 2 is 1.27 bits per heavy atom. The molecule has 310 valence electrons. The van der Waals surface area contributed by atoms with Gasteiger partial charge in [0.2, 0.25) is 29.5 Å². The molecule has 0 radical (unpaired) electrons. The monoisotopic (exact) mass is 835 g/mol. The van der Waals surface area contributed by atoms with E-state index in [1.807, 2.05) is 102 Å². The van der Waals surface area contributed by atoms with Gasteiger partial charge in [-0.1, -0.05) is 78.9 Å². The number of amides is 5. The summed E-state index contributed by atoms with van der Waals surface area (Å²) >= 11 is 2.95. The van der Waals surface area contributed by atoms with E-state index in [2.05, 4.69) is 26.6 Å². The van der Waals surface area contributed by atoms with Crippen LogP contribution in [0.3, 0.4) is 0 Å². The van der Waals surface area contributed by atoms with Gasteiger partial charge in [-0.3, -0.25) is 24.0 Å². The molecule has 0 unspecified atom stereocenters. The molecule has 5 aromatic rings. The third-order valence-electron chi connectivity index (χ3n) is 10.6. The second-order valence-electron chi connectivity index (χ2n) is 15.0. The molecule has 1 saturated heterocycles. The van der Waals surface area contributed by atoms with Crippen molar-refractivity contribution in [3.8, 4) is 11.1 Å². The van der Waals surface area contributed by atoms with Crippen LogP contribution in [0.2, 0.25) is 0 Å². The molecule has 3 heterocycles. The van der Waals surface area contributed by atoms with Gasteiger partial charge in [0.25, 0.3) is 0 Å². The second-order valence-corrected chi connectivity index (χ2v) is 17.2. The summed E-state index contributed by atoms with van der Waals surface area (Å²) < 4.78 is 1.03. The average Bonchev–Trinajstić information content (AvgIpc) is 3.93. The van der Waals surface area contributed by atoms with E-state index in [9.17, 15) is 24.0 Å².